The molecule has 6 heteroatoms. The molecule has 20 heavy (non-hydrogen) atoms. The molecule has 0 saturated carbocycles. The van der Waals surface area contributed by atoms with Gasteiger partial charge in [0.15, 0.2) is 0 Å². The summed E-state index contributed by atoms with van der Waals surface area (Å²) in [6.07, 6.45) is -2.00. The summed E-state index contributed by atoms with van der Waals surface area (Å²) in [5.74, 6) is -0.190. The van der Waals surface area contributed by atoms with Crippen LogP contribution in [0.1, 0.15) is 26.3 Å². The molecule has 0 saturated heterocycles. The highest BCUT2D eigenvalue weighted by Crippen LogP contribution is 2.20. The number of anilines is 2. The molecule has 2 amide bonds. The Balaban J connectivity index is 2.75. The molecule has 2 unspecified atom stereocenters. The minimum atomic E-state index is -0.743. The van der Waals surface area contributed by atoms with Crippen molar-refractivity contribution in [3.05, 3.63) is 23.8 Å². The predicted octanol–water partition coefficient (Wildman–Crippen LogP) is 2.27. The number of aliphatic hydroxyl groups is 1. The van der Waals surface area contributed by atoms with Gasteiger partial charge in [-0.05, 0) is 38.5 Å². The first-order valence-electron chi connectivity index (χ1n) is 6.33. The molecule has 110 valence electrons. The number of carbonyl (C=O) groups is 2. The standard InChI is InChI=1S/C14H20N2O4/c1-8-5-6-12(15-11(4)18)7-13(8)16-14(19)20-10(3)9(2)17/h5-7,9-10,17H,1-4H3,(H,15,18)(H,16,19). The maximum Gasteiger partial charge on any atom is 0.411 e. The smallest absolute Gasteiger partial charge is 0.411 e. The molecule has 3 N–H and O–H groups in total. The van der Waals surface area contributed by atoms with Crippen LogP contribution in [0.25, 0.3) is 0 Å². The van der Waals surface area contributed by atoms with Gasteiger partial charge in [-0.1, -0.05) is 6.07 Å². The third-order valence-electron chi connectivity index (χ3n) is 2.77. The van der Waals surface area contributed by atoms with Crippen LogP contribution in [0.15, 0.2) is 18.2 Å². The van der Waals surface area contributed by atoms with Crippen LogP contribution < -0.4 is 10.6 Å². The number of hydrogen-bond acceptors (Lipinski definition) is 4. The Kier molecular flexibility index (Phi) is 5.52. The number of carbonyl (C=O) groups excluding carboxylic acids is 2. The van der Waals surface area contributed by atoms with Crippen molar-refractivity contribution in [3.63, 3.8) is 0 Å². The summed E-state index contributed by atoms with van der Waals surface area (Å²) >= 11 is 0. The van der Waals surface area contributed by atoms with Crippen molar-refractivity contribution in [1.29, 1.82) is 0 Å². The van der Waals surface area contributed by atoms with E-state index in [1.165, 1.54) is 6.92 Å². The van der Waals surface area contributed by atoms with Crippen LogP contribution in [0.3, 0.4) is 0 Å². The lowest BCUT2D eigenvalue weighted by atomic mass is 10.2. The van der Waals surface area contributed by atoms with Crippen LogP contribution in [0.2, 0.25) is 0 Å². The monoisotopic (exact) mass is 280 g/mol. The van der Waals surface area contributed by atoms with E-state index in [9.17, 15) is 14.7 Å². The molecule has 1 aromatic carbocycles. The molecule has 0 spiro atoms. The first-order chi connectivity index (χ1) is 9.29. The predicted molar refractivity (Wildman–Crippen MR) is 76.7 cm³/mol. The molecule has 0 radical (unpaired) electrons. The highest BCUT2D eigenvalue weighted by molar-refractivity contribution is 5.91. The van der Waals surface area contributed by atoms with E-state index in [4.69, 9.17) is 4.74 Å². The zero-order valence-electron chi connectivity index (χ0n) is 12.1. The van der Waals surface area contributed by atoms with Gasteiger partial charge in [-0.3, -0.25) is 10.1 Å². The Labute approximate surface area is 118 Å². The van der Waals surface area contributed by atoms with Crippen molar-refractivity contribution in [1.82, 2.24) is 0 Å². The number of aryl methyl sites for hydroxylation is 1. The van der Waals surface area contributed by atoms with Crippen molar-refractivity contribution < 1.29 is 19.4 Å². The van der Waals surface area contributed by atoms with Gasteiger partial charge in [0.25, 0.3) is 0 Å². The number of ether oxygens (including phenoxy) is 1. The Morgan fingerprint density at radius 2 is 1.90 bits per heavy atom. The molecule has 0 fully saturated rings. The maximum atomic E-state index is 11.7. The van der Waals surface area contributed by atoms with E-state index in [1.54, 1.807) is 32.0 Å². The zero-order valence-corrected chi connectivity index (χ0v) is 12.1. The maximum absolute atomic E-state index is 11.7. The second-order valence-electron chi connectivity index (χ2n) is 4.69. The molecule has 0 heterocycles. The van der Waals surface area contributed by atoms with Gasteiger partial charge in [0.2, 0.25) is 5.91 Å². The van der Waals surface area contributed by atoms with Gasteiger partial charge in [-0.2, -0.15) is 0 Å². The first-order valence-corrected chi connectivity index (χ1v) is 6.33. The lowest BCUT2D eigenvalue weighted by molar-refractivity contribution is -0.114. The quantitative estimate of drug-likeness (QED) is 0.789. The van der Waals surface area contributed by atoms with Crippen molar-refractivity contribution in [3.8, 4) is 0 Å². The van der Waals surface area contributed by atoms with Crippen LogP contribution in [0.5, 0.6) is 0 Å². The molecule has 0 aliphatic carbocycles. The van der Waals surface area contributed by atoms with Gasteiger partial charge in [-0.25, -0.2) is 4.79 Å². The van der Waals surface area contributed by atoms with Gasteiger partial charge in [0, 0.05) is 18.3 Å². The van der Waals surface area contributed by atoms with Crippen molar-refractivity contribution in [2.24, 2.45) is 0 Å². The number of hydrogen-bond donors (Lipinski definition) is 3. The Bertz CT molecular complexity index is 500. The fraction of sp³-hybridized carbons (Fsp3) is 0.429. The van der Waals surface area contributed by atoms with E-state index in [0.717, 1.165) is 5.56 Å². The summed E-state index contributed by atoms with van der Waals surface area (Å²) in [5, 5.41) is 14.5. The SMILES string of the molecule is CC(=O)Nc1ccc(C)c(NC(=O)OC(C)C(C)O)c1. The molecule has 2 atom stereocenters. The number of rotatable bonds is 4. The largest absolute Gasteiger partial charge is 0.444 e. The van der Waals surface area contributed by atoms with Crippen molar-refractivity contribution >= 4 is 23.4 Å². The Morgan fingerprint density at radius 1 is 1.25 bits per heavy atom. The second kappa shape index (κ2) is 6.91. The minimum Gasteiger partial charge on any atom is -0.444 e. The summed E-state index contributed by atoms with van der Waals surface area (Å²) in [4.78, 5) is 22.7. The summed E-state index contributed by atoms with van der Waals surface area (Å²) in [6, 6.07) is 5.16. The van der Waals surface area contributed by atoms with E-state index in [1.807, 2.05) is 6.92 Å². The average molecular weight is 280 g/mol. The molecule has 0 bridgehead atoms. The van der Waals surface area contributed by atoms with Crippen LogP contribution >= 0.6 is 0 Å². The third-order valence-corrected chi connectivity index (χ3v) is 2.77. The zero-order chi connectivity index (χ0) is 15.3. The van der Waals surface area contributed by atoms with E-state index >= 15 is 0 Å². The molecule has 0 aliphatic heterocycles. The van der Waals surface area contributed by atoms with Crippen LogP contribution in [0, 0.1) is 6.92 Å². The normalized spacial score (nSPS) is 13.2. The van der Waals surface area contributed by atoms with Crippen LogP contribution in [-0.2, 0) is 9.53 Å². The van der Waals surface area contributed by atoms with E-state index in [0.29, 0.717) is 11.4 Å². The van der Waals surface area contributed by atoms with Gasteiger partial charge in [0.1, 0.15) is 6.10 Å². The lowest BCUT2D eigenvalue weighted by Crippen LogP contribution is -2.28. The lowest BCUT2D eigenvalue weighted by Gasteiger charge is -2.17. The Morgan fingerprint density at radius 3 is 2.45 bits per heavy atom. The molecule has 1 rings (SSSR count). The van der Waals surface area contributed by atoms with E-state index < -0.39 is 18.3 Å². The first kappa shape index (κ1) is 16.0. The second-order valence-corrected chi connectivity index (χ2v) is 4.69. The Hall–Kier alpha value is -2.08. The molecular formula is C14H20N2O4. The minimum absolute atomic E-state index is 0.190. The molecular weight excluding hydrogens is 260 g/mol. The molecule has 0 aromatic heterocycles. The number of nitrogens with one attached hydrogen (secondary N) is 2. The average Bonchev–Trinajstić information content (AvgIpc) is 2.32. The molecule has 1 aromatic rings. The summed E-state index contributed by atoms with van der Waals surface area (Å²) < 4.78 is 5.00. The van der Waals surface area contributed by atoms with Gasteiger partial charge >= 0.3 is 6.09 Å². The number of benzene rings is 1. The molecule has 0 aliphatic rings. The van der Waals surface area contributed by atoms with Gasteiger partial charge in [0.05, 0.1) is 6.10 Å². The van der Waals surface area contributed by atoms with Gasteiger partial charge in [-0.15, -0.1) is 0 Å². The summed E-state index contributed by atoms with van der Waals surface area (Å²) in [7, 11) is 0. The fourth-order valence-corrected chi connectivity index (χ4v) is 1.44. The van der Waals surface area contributed by atoms with Crippen molar-refractivity contribution in [2.75, 3.05) is 10.6 Å². The number of aliphatic hydroxyl groups excluding tert-OH is 1. The van der Waals surface area contributed by atoms with Crippen LogP contribution in [0.4, 0.5) is 16.2 Å². The highest BCUT2D eigenvalue weighted by atomic mass is 16.6. The van der Waals surface area contributed by atoms with Crippen LogP contribution in [-0.4, -0.2) is 29.3 Å². The summed E-state index contributed by atoms with van der Waals surface area (Å²) in [6.45, 7) is 6.38. The topological polar surface area (TPSA) is 87.7 Å². The van der Waals surface area contributed by atoms with Crippen molar-refractivity contribution in [2.45, 2.75) is 39.9 Å². The third kappa shape index (κ3) is 4.89. The van der Waals surface area contributed by atoms with E-state index in [2.05, 4.69) is 10.6 Å². The molecule has 6 nitrogen and oxygen atoms in total. The summed E-state index contributed by atoms with van der Waals surface area (Å²) in [5.41, 5.74) is 1.96. The fourth-order valence-electron chi connectivity index (χ4n) is 1.44. The highest BCUT2D eigenvalue weighted by Gasteiger charge is 2.15. The van der Waals surface area contributed by atoms with Gasteiger partial charge < -0.3 is 15.2 Å². The van der Waals surface area contributed by atoms with E-state index in [-0.39, 0.29) is 5.91 Å². The number of amides is 2.